The van der Waals surface area contributed by atoms with Crippen LogP contribution in [0.3, 0.4) is 0 Å². The molecule has 102 valence electrons. The Hall–Kier alpha value is -1.28. The molecule has 0 amide bonds. The number of nitrogens with two attached hydrogens (primary N) is 1. The molecule has 1 unspecified atom stereocenters. The lowest BCUT2D eigenvalue weighted by Gasteiger charge is -2.33. The molecular weight excluding hydrogens is 234 g/mol. The predicted octanol–water partition coefficient (Wildman–Crippen LogP) is 3.76. The summed E-state index contributed by atoms with van der Waals surface area (Å²) in [5.74, 6) is 0.998. The van der Waals surface area contributed by atoms with Gasteiger partial charge in [0.25, 0.3) is 0 Å². The minimum Gasteiger partial charge on any atom is -0.490 e. The molecule has 2 heteroatoms. The Labute approximate surface area is 115 Å². The molecule has 2 nitrogen and oxygen atoms in total. The molecular formula is C17H23NO. The van der Waals surface area contributed by atoms with Gasteiger partial charge in [-0.05, 0) is 54.4 Å². The highest BCUT2D eigenvalue weighted by atomic mass is 16.5. The van der Waals surface area contributed by atoms with Gasteiger partial charge in [-0.3, -0.25) is 0 Å². The lowest BCUT2D eigenvalue weighted by Crippen LogP contribution is -2.30. The van der Waals surface area contributed by atoms with Gasteiger partial charge in [-0.1, -0.05) is 32.1 Å². The van der Waals surface area contributed by atoms with Crippen LogP contribution in [0.4, 0.5) is 0 Å². The quantitative estimate of drug-likeness (QED) is 0.895. The van der Waals surface area contributed by atoms with E-state index >= 15 is 0 Å². The summed E-state index contributed by atoms with van der Waals surface area (Å²) in [6, 6.07) is 8.64. The second-order valence-corrected chi connectivity index (χ2v) is 6.75. The van der Waals surface area contributed by atoms with Gasteiger partial charge in [0.15, 0.2) is 0 Å². The monoisotopic (exact) mass is 257 g/mol. The van der Waals surface area contributed by atoms with Crippen molar-refractivity contribution in [3.05, 3.63) is 35.9 Å². The maximum absolute atomic E-state index is 6.16. The third-order valence-corrected chi connectivity index (χ3v) is 3.90. The number of benzene rings is 1. The zero-order valence-electron chi connectivity index (χ0n) is 11.9. The fourth-order valence-electron chi connectivity index (χ4n) is 2.95. The van der Waals surface area contributed by atoms with Crippen molar-refractivity contribution in [3.63, 3.8) is 0 Å². The van der Waals surface area contributed by atoms with Gasteiger partial charge in [0.05, 0.1) is 6.10 Å². The number of rotatable bonds is 3. The fourth-order valence-corrected chi connectivity index (χ4v) is 2.95. The van der Waals surface area contributed by atoms with E-state index in [9.17, 15) is 0 Å². The van der Waals surface area contributed by atoms with Crippen molar-refractivity contribution in [1.82, 2.24) is 0 Å². The second kappa shape index (κ2) is 4.68. The van der Waals surface area contributed by atoms with Crippen molar-refractivity contribution >= 4 is 5.57 Å². The Morgan fingerprint density at radius 3 is 2.74 bits per heavy atom. The summed E-state index contributed by atoms with van der Waals surface area (Å²) in [6.07, 6.45) is 7.23. The third kappa shape index (κ3) is 3.19. The van der Waals surface area contributed by atoms with Crippen molar-refractivity contribution in [2.75, 3.05) is 0 Å². The van der Waals surface area contributed by atoms with E-state index in [-0.39, 0.29) is 11.5 Å². The summed E-state index contributed by atoms with van der Waals surface area (Å²) in [6.45, 7) is 4.59. The number of hydrogen-bond donors (Lipinski definition) is 1. The maximum atomic E-state index is 6.16. The molecule has 3 rings (SSSR count). The standard InChI is InChI=1S/C17H23NO/c1-17(2)10-13(8-14(18)11-17)12-4-3-5-16(9-12)19-15-6-7-15/h3-5,8-9,14-15H,6-7,10-11,18H2,1-2H3. The van der Waals surface area contributed by atoms with Crippen LogP contribution in [0.15, 0.2) is 30.3 Å². The van der Waals surface area contributed by atoms with Crippen molar-refractivity contribution < 1.29 is 4.74 Å². The average molecular weight is 257 g/mol. The first-order valence-corrected chi connectivity index (χ1v) is 7.25. The van der Waals surface area contributed by atoms with Crippen LogP contribution in [-0.2, 0) is 0 Å². The molecule has 0 spiro atoms. The molecule has 1 fully saturated rings. The molecule has 0 heterocycles. The van der Waals surface area contributed by atoms with Crippen LogP contribution >= 0.6 is 0 Å². The number of ether oxygens (including phenoxy) is 1. The van der Waals surface area contributed by atoms with Crippen LogP contribution in [0.1, 0.15) is 45.1 Å². The van der Waals surface area contributed by atoms with Crippen LogP contribution in [0, 0.1) is 5.41 Å². The normalized spacial score (nSPS) is 25.8. The van der Waals surface area contributed by atoms with Crippen LogP contribution in [0.25, 0.3) is 5.57 Å². The van der Waals surface area contributed by atoms with Gasteiger partial charge in [0.2, 0.25) is 0 Å². The van der Waals surface area contributed by atoms with Gasteiger partial charge in [0, 0.05) is 6.04 Å². The van der Waals surface area contributed by atoms with Gasteiger partial charge >= 0.3 is 0 Å². The fraction of sp³-hybridized carbons (Fsp3) is 0.529. The summed E-state index contributed by atoms with van der Waals surface area (Å²) >= 11 is 0. The van der Waals surface area contributed by atoms with E-state index in [0.29, 0.717) is 6.10 Å². The molecule has 2 N–H and O–H groups in total. The summed E-state index contributed by atoms with van der Waals surface area (Å²) in [5, 5.41) is 0. The van der Waals surface area contributed by atoms with E-state index in [1.54, 1.807) is 0 Å². The Bertz CT molecular complexity index is 500. The lowest BCUT2D eigenvalue weighted by atomic mass is 9.74. The van der Waals surface area contributed by atoms with Crippen LogP contribution < -0.4 is 10.5 Å². The molecule has 0 radical (unpaired) electrons. The molecule has 0 aromatic heterocycles. The van der Waals surface area contributed by atoms with E-state index in [4.69, 9.17) is 10.5 Å². The van der Waals surface area contributed by atoms with Crippen molar-refractivity contribution in [3.8, 4) is 5.75 Å². The van der Waals surface area contributed by atoms with E-state index in [1.165, 1.54) is 24.0 Å². The first-order valence-electron chi connectivity index (χ1n) is 7.25. The van der Waals surface area contributed by atoms with Crippen LogP contribution in [0.5, 0.6) is 5.75 Å². The van der Waals surface area contributed by atoms with Gasteiger partial charge < -0.3 is 10.5 Å². The van der Waals surface area contributed by atoms with Crippen molar-refractivity contribution in [1.29, 1.82) is 0 Å². The molecule has 1 aromatic carbocycles. The largest absolute Gasteiger partial charge is 0.490 e. The molecule has 19 heavy (non-hydrogen) atoms. The van der Waals surface area contributed by atoms with Crippen LogP contribution in [0.2, 0.25) is 0 Å². The Morgan fingerprint density at radius 2 is 2.05 bits per heavy atom. The highest BCUT2D eigenvalue weighted by Crippen LogP contribution is 2.39. The van der Waals surface area contributed by atoms with Gasteiger partial charge in [-0.15, -0.1) is 0 Å². The van der Waals surface area contributed by atoms with E-state index in [1.807, 2.05) is 0 Å². The van der Waals surface area contributed by atoms with Gasteiger partial charge in [-0.2, -0.15) is 0 Å². The number of allylic oxidation sites excluding steroid dienone is 1. The van der Waals surface area contributed by atoms with Crippen molar-refractivity contribution in [2.45, 2.75) is 51.7 Å². The minimum atomic E-state index is 0.173. The zero-order valence-corrected chi connectivity index (χ0v) is 11.9. The Kier molecular flexibility index (Phi) is 3.14. The van der Waals surface area contributed by atoms with Gasteiger partial charge in [0.1, 0.15) is 5.75 Å². The summed E-state index contributed by atoms with van der Waals surface area (Å²) in [7, 11) is 0. The first-order chi connectivity index (χ1) is 9.02. The second-order valence-electron chi connectivity index (χ2n) is 6.75. The van der Waals surface area contributed by atoms with E-state index in [2.05, 4.69) is 44.2 Å². The smallest absolute Gasteiger partial charge is 0.120 e. The molecule has 2 aliphatic rings. The third-order valence-electron chi connectivity index (χ3n) is 3.90. The van der Waals surface area contributed by atoms with Crippen molar-refractivity contribution in [2.24, 2.45) is 11.1 Å². The maximum Gasteiger partial charge on any atom is 0.120 e. The van der Waals surface area contributed by atoms with E-state index < -0.39 is 0 Å². The Morgan fingerprint density at radius 1 is 1.26 bits per heavy atom. The topological polar surface area (TPSA) is 35.2 Å². The molecule has 1 atom stereocenters. The number of hydrogen-bond acceptors (Lipinski definition) is 2. The highest BCUT2D eigenvalue weighted by Gasteiger charge is 2.28. The highest BCUT2D eigenvalue weighted by molar-refractivity contribution is 5.68. The summed E-state index contributed by atoms with van der Waals surface area (Å²) < 4.78 is 5.88. The SMILES string of the molecule is CC1(C)CC(c2cccc(OC3CC3)c2)=CC(N)C1. The average Bonchev–Trinajstić information content (AvgIpc) is 3.10. The predicted molar refractivity (Wildman–Crippen MR) is 79.1 cm³/mol. The Balaban J connectivity index is 1.84. The minimum absolute atomic E-state index is 0.173. The molecule has 1 saturated carbocycles. The summed E-state index contributed by atoms with van der Waals surface area (Å²) in [5.41, 5.74) is 9.08. The molecule has 0 aliphatic heterocycles. The molecule has 0 bridgehead atoms. The molecule has 0 saturated heterocycles. The van der Waals surface area contributed by atoms with E-state index in [0.717, 1.165) is 18.6 Å². The molecule has 2 aliphatic carbocycles. The van der Waals surface area contributed by atoms with Crippen LogP contribution in [-0.4, -0.2) is 12.1 Å². The van der Waals surface area contributed by atoms with Gasteiger partial charge in [-0.25, -0.2) is 0 Å². The lowest BCUT2D eigenvalue weighted by molar-refractivity contribution is 0.302. The summed E-state index contributed by atoms with van der Waals surface area (Å²) in [4.78, 5) is 0. The molecule has 1 aromatic rings. The zero-order chi connectivity index (χ0) is 13.5. The first kappa shape index (κ1) is 12.7.